The van der Waals surface area contributed by atoms with Crippen molar-refractivity contribution in [1.82, 2.24) is 24.8 Å². The number of hydrogen-bond acceptors (Lipinski definition) is 6. The van der Waals surface area contributed by atoms with E-state index in [9.17, 15) is 9.59 Å². The summed E-state index contributed by atoms with van der Waals surface area (Å²) in [5, 5.41) is 10.1. The minimum absolute atomic E-state index is 0.0255. The van der Waals surface area contributed by atoms with Crippen LogP contribution >= 0.6 is 0 Å². The Morgan fingerprint density at radius 1 is 1.45 bits per heavy atom. The lowest BCUT2D eigenvalue weighted by atomic mass is 10.2. The van der Waals surface area contributed by atoms with Gasteiger partial charge in [-0.25, -0.2) is 9.89 Å². The molecular formula is C13H17N5O4. The smallest absolute Gasteiger partial charge is 0.343 e. The summed E-state index contributed by atoms with van der Waals surface area (Å²) in [5.41, 5.74) is -0.224. The molecule has 118 valence electrons. The van der Waals surface area contributed by atoms with E-state index in [2.05, 4.69) is 15.4 Å². The van der Waals surface area contributed by atoms with Crippen LogP contribution in [0.15, 0.2) is 15.4 Å². The van der Waals surface area contributed by atoms with Gasteiger partial charge in [-0.1, -0.05) is 0 Å². The molecule has 0 unspecified atom stereocenters. The Labute approximate surface area is 125 Å². The van der Waals surface area contributed by atoms with Crippen molar-refractivity contribution in [2.24, 2.45) is 0 Å². The van der Waals surface area contributed by atoms with Crippen molar-refractivity contribution in [3.63, 3.8) is 0 Å². The number of hydrogen-bond donors (Lipinski definition) is 1. The molecule has 0 atom stereocenters. The van der Waals surface area contributed by atoms with Gasteiger partial charge in [-0.15, -0.1) is 0 Å². The lowest BCUT2D eigenvalue weighted by molar-refractivity contribution is -0.131. The first kappa shape index (κ1) is 14.4. The first-order chi connectivity index (χ1) is 10.7. The van der Waals surface area contributed by atoms with Crippen LogP contribution in [0, 0.1) is 0 Å². The Morgan fingerprint density at radius 2 is 2.32 bits per heavy atom. The molecule has 2 aromatic heterocycles. The molecule has 22 heavy (non-hydrogen) atoms. The summed E-state index contributed by atoms with van der Waals surface area (Å²) >= 11 is 0. The molecule has 1 aliphatic heterocycles. The quantitative estimate of drug-likeness (QED) is 0.822. The molecule has 9 heteroatoms. The highest BCUT2D eigenvalue weighted by molar-refractivity contribution is 5.76. The van der Waals surface area contributed by atoms with Crippen LogP contribution in [-0.2, 0) is 24.2 Å². The van der Waals surface area contributed by atoms with Gasteiger partial charge < -0.3 is 14.2 Å². The van der Waals surface area contributed by atoms with Crippen molar-refractivity contribution in [3.8, 4) is 5.88 Å². The normalized spacial score (nSPS) is 14.5. The van der Waals surface area contributed by atoms with Crippen LogP contribution < -0.4 is 10.4 Å². The summed E-state index contributed by atoms with van der Waals surface area (Å²) in [6.07, 6.45) is 1.37. The molecule has 3 heterocycles. The summed E-state index contributed by atoms with van der Waals surface area (Å²) in [5.74, 6) is 1.74. The molecule has 0 saturated heterocycles. The SMILES string of the molecule is COc1cc(CCC(=O)N2CCc3n[nH]c(=O)n3CC2)on1. The van der Waals surface area contributed by atoms with Crippen LogP contribution in [0.4, 0.5) is 0 Å². The fourth-order valence-electron chi connectivity index (χ4n) is 2.48. The third kappa shape index (κ3) is 2.87. The third-order valence-corrected chi connectivity index (χ3v) is 3.72. The molecule has 9 nitrogen and oxygen atoms in total. The van der Waals surface area contributed by atoms with Gasteiger partial charge in [0, 0.05) is 45.0 Å². The predicted octanol–water partition coefficient (Wildman–Crippen LogP) is -0.414. The fourth-order valence-corrected chi connectivity index (χ4v) is 2.48. The number of rotatable bonds is 4. The van der Waals surface area contributed by atoms with Gasteiger partial charge in [0.2, 0.25) is 5.91 Å². The van der Waals surface area contributed by atoms with Crippen molar-refractivity contribution in [2.45, 2.75) is 25.8 Å². The number of aromatic nitrogens is 4. The van der Waals surface area contributed by atoms with Gasteiger partial charge in [-0.3, -0.25) is 9.36 Å². The molecular weight excluding hydrogens is 290 g/mol. The number of ether oxygens (including phenoxy) is 1. The molecule has 0 aliphatic carbocycles. The van der Waals surface area contributed by atoms with Gasteiger partial charge in [0.1, 0.15) is 11.6 Å². The van der Waals surface area contributed by atoms with Crippen LogP contribution in [0.5, 0.6) is 5.88 Å². The Balaban J connectivity index is 1.56. The van der Waals surface area contributed by atoms with Gasteiger partial charge in [-0.2, -0.15) is 5.10 Å². The van der Waals surface area contributed by atoms with E-state index in [-0.39, 0.29) is 11.6 Å². The Morgan fingerprint density at radius 3 is 3.09 bits per heavy atom. The molecule has 1 aliphatic rings. The standard InChI is InChI=1S/C13H17N5O4/c1-21-11-8-9(22-16-11)2-3-12(19)17-5-4-10-14-15-13(20)18(10)7-6-17/h8H,2-7H2,1H3,(H,15,20). The van der Waals surface area contributed by atoms with Gasteiger partial charge in [0.15, 0.2) is 0 Å². The first-order valence-corrected chi connectivity index (χ1v) is 7.09. The van der Waals surface area contributed by atoms with E-state index < -0.39 is 0 Å². The zero-order chi connectivity index (χ0) is 15.5. The van der Waals surface area contributed by atoms with Gasteiger partial charge in [-0.05, 0) is 5.16 Å². The summed E-state index contributed by atoms with van der Waals surface area (Å²) in [6.45, 7) is 1.53. The maximum Gasteiger partial charge on any atom is 0.343 e. The summed E-state index contributed by atoms with van der Waals surface area (Å²) < 4.78 is 11.6. The average Bonchev–Trinajstić information content (AvgIpc) is 3.06. The highest BCUT2D eigenvalue weighted by Crippen LogP contribution is 2.13. The fraction of sp³-hybridized carbons (Fsp3) is 0.538. The van der Waals surface area contributed by atoms with Gasteiger partial charge in [0.25, 0.3) is 5.88 Å². The zero-order valence-corrected chi connectivity index (χ0v) is 12.2. The molecule has 0 aromatic carbocycles. The average molecular weight is 307 g/mol. The summed E-state index contributed by atoms with van der Waals surface area (Å²) in [4.78, 5) is 25.6. The third-order valence-electron chi connectivity index (χ3n) is 3.72. The van der Waals surface area contributed by atoms with E-state index in [1.54, 1.807) is 15.5 Å². The molecule has 3 rings (SSSR count). The number of methoxy groups -OCH3 is 1. The number of fused-ring (bicyclic) bond motifs is 1. The number of carbonyl (C=O) groups is 1. The second-order valence-corrected chi connectivity index (χ2v) is 5.06. The van der Waals surface area contributed by atoms with Crippen LogP contribution in [0.3, 0.4) is 0 Å². The number of aryl methyl sites for hydroxylation is 1. The van der Waals surface area contributed by atoms with Gasteiger partial charge >= 0.3 is 5.69 Å². The number of amides is 1. The maximum absolute atomic E-state index is 12.3. The van der Waals surface area contributed by atoms with E-state index in [1.807, 2.05) is 0 Å². The van der Waals surface area contributed by atoms with E-state index in [0.29, 0.717) is 56.4 Å². The van der Waals surface area contributed by atoms with Crippen molar-refractivity contribution in [3.05, 3.63) is 28.1 Å². The minimum Gasteiger partial charge on any atom is -0.479 e. The maximum atomic E-state index is 12.3. The van der Waals surface area contributed by atoms with Crippen molar-refractivity contribution >= 4 is 5.91 Å². The van der Waals surface area contributed by atoms with Crippen LogP contribution in [0.25, 0.3) is 0 Å². The van der Waals surface area contributed by atoms with Gasteiger partial charge in [0.05, 0.1) is 7.11 Å². The van der Waals surface area contributed by atoms with E-state index in [1.165, 1.54) is 7.11 Å². The molecule has 0 radical (unpaired) electrons. The number of nitrogens with one attached hydrogen (secondary N) is 1. The second kappa shape index (κ2) is 6.04. The molecule has 2 aromatic rings. The molecule has 0 bridgehead atoms. The zero-order valence-electron chi connectivity index (χ0n) is 12.2. The lowest BCUT2D eigenvalue weighted by Crippen LogP contribution is -2.34. The van der Waals surface area contributed by atoms with Crippen molar-refractivity contribution in [2.75, 3.05) is 20.2 Å². The number of nitrogens with zero attached hydrogens (tertiary/aromatic N) is 4. The lowest BCUT2D eigenvalue weighted by Gasteiger charge is -2.19. The second-order valence-electron chi connectivity index (χ2n) is 5.06. The van der Waals surface area contributed by atoms with Crippen molar-refractivity contribution in [1.29, 1.82) is 0 Å². The van der Waals surface area contributed by atoms with E-state index in [0.717, 1.165) is 0 Å². The molecule has 1 amide bonds. The largest absolute Gasteiger partial charge is 0.479 e. The van der Waals surface area contributed by atoms with Crippen LogP contribution in [-0.4, -0.2) is 50.9 Å². The van der Waals surface area contributed by atoms with Crippen LogP contribution in [0.1, 0.15) is 18.0 Å². The van der Waals surface area contributed by atoms with Crippen LogP contribution in [0.2, 0.25) is 0 Å². The first-order valence-electron chi connectivity index (χ1n) is 7.09. The van der Waals surface area contributed by atoms with E-state index in [4.69, 9.17) is 9.26 Å². The molecule has 1 N–H and O–H groups in total. The highest BCUT2D eigenvalue weighted by atomic mass is 16.5. The number of carbonyl (C=O) groups excluding carboxylic acids is 1. The minimum atomic E-state index is -0.224. The topological polar surface area (TPSA) is 106 Å². The van der Waals surface area contributed by atoms with Crippen molar-refractivity contribution < 1.29 is 14.1 Å². The molecule has 0 fully saturated rings. The molecule has 0 saturated carbocycles. The molecule has 0 spiro atoms. The Bertz CT molecular complexity index is 716. The Kier molecular flexibility index (Phi) is 3.94. The Hall–Kier alpha value is -2.58. The number of aromatic amines is 1. The van der Waals surface area contributed by atoms with E-state index >= 15 is 0 Å². The monoisotopic (exact) mass is 307 g/mol. The predicted molar refractivity (Wildman–Crippen MR) is 74.5 cm³/mol. The summed E-state index contributed by atoms with van der Waals surface area (Å²) in [7, 11) is 1.51. The summed E-state index contributed by atoms with van der Waals surface area (Å²) in [6, 6.07) is 1.67. The number of H-pyrrole nitrogens is 1. The highest BCUT2D eigenvalue weighted by Gasteiger charge is 2.20.